The zero-order valence-corrected chi connectivity index (χ0v) is 51.3. The number of rotatable bonds is 59. The van der Waals surface area contributed by atoms with Gasteiger partial charge in [0.1, 0.15) is 25.4 Å². The fourth-order valence-electron chi connectivity index (χ4n) is 8.22. The molecular formula is C61H112O16P2. The van der Waals surface area contributed by atoms with Crippen LogP contribution in [0.3, 0.4) is 0 Å². The number of phosphoric ester groups is 2. The molecule has 0 bridgehead atoms. The Morgan fingerprint density at radius 1 is 0.354 bits per heavy atom. The van der Waals surface area contributed by atoms with Crippen LogP contribution in [0, 0.1) is 0 Å². The summed E-state index contributed by atoms with van der Waals surface area (Å²) in [5.41, 5.74) is 0. The van der Waals surface area contributed by atoms with Crippen LogP contribution in [0.25, 0.3) is 0 Å². The first-order valence-electron chi connectivity index (χ1n) is 30.9. The lowest BCUT2D eigenvalue weighted by Gasteiger charge is -2.21. The van der Waals surface area contributed by atoms with Crippen LogP contribution >= 0.6 is 15.6 Å². The van der Waals surface area contributed by atoms with E-state index in [4.69, 9.17) is 32.3 Å². The highest BCUT2D eigenvalue weighted by molar-refractivity contribution is 7.47. The first-order chi connectivity index (χ1) is 38.2. The van der Waals surface area contributed by atoms with E-state index in [0.717, 1.165) is 116 Å². The molecule has 16 nitrogen and oxygen atoms in total. The largest absolute Gasteiger partial charge is 0.472 e. The van der Waals surface area contributed by atoms with Gasteiger partial charge in [-0.2, -0.15) is 0 Å². The molecule has 0 spiro atoms. The van der Waals surface area contributed by atoms with Crippen molar-refractivity contribution in [2.24, 2.45) is 0 Å². The van der Waals surface area contributed by atoms with E-state index < -0.39 is 91.5 Å². The number of hydrogen-bond donors (Lipinski definition) is 4. The number of esters is 3. The molecule has 0 aromatic heterocycles. The van der Waals surface area contributed by atoms with Crippen molar-refractivity contribution in [3.63, 3.8) is 0 Å². The van der Waals surface area contributed by atoms with Gasteiger partial charge in [-0.3, -0.25) is 32.5 Å². The Kier molecular flexibility index (Phi) is 54.2. The molecule has 0 fully saturated rings. The van der Waals surface area contributed by atoms with E-state index in [1.165, 1.54) is 89.9 Å². The number of allylic oxidation sites excluding steroid dienone is 8. The minimum atomic E-state index is -4.91. The molecule has 4 N–H and O–H groups in total. The Morgan fingerprint density at radius 2 is 0.633 bits per heavy atom. The zero-order chi connectivity index (χ0) is 58.2. The third kappa shape index (κ3) is 57.1. The fourth-order valence-corrected chi connectivity index (χ4v) is 9.80. The number of aliphatic hydroxyl groups excluding tert-OH is 2. The van der Waals surface area contributed by atoms with E-state index in [1.54, 1.807) is 0 Å². The predicted molar refractivity (Wildman–Crippen MR) is 316 cm³/mol. The fraction of sp³-hybridized carbons (Fsp3) is 0.820. The van der Waals surface area contributed by atoms with Crippen molar-refractivity contribution in [1.82, 2.24) is 0 Å². The van der Waals surface area contributed by atoms with Gasteiger partial charge in [-0.15, -0.1) is 0 Å². The van der Waals surface area contributed by atoms with Gasteiger partial charge >= 0.3 is 33.6 Å². The third-order valence-electron chi connectivity index (χ3n) is 13.0. The Balaban J connectivity index is 4.59. The SMILES string of the molecule is CCCCC/C=C\C/C=C\C/C=C\CCCCCCCCC(=O)OCC(O)COP(=O)(O)OCC(O)COP(=O)(O)OCC(COC(=O)CCCCCCC/C=C\CCCCCC)OC(=O)CCCCCCCCCCCCC. The standard InChI is InChI=1S/C61H112O16P2/c1-4-7-10-13-16-19-22-24-25-26-27-28-29-31-34-35-38-41-44-47-59(64)71-50-56(62)51-73-78(67,68)74-52-57(63)53-75-79(69,70)76-55-58(77-61(66)49-46-43-40-37-32-21-18-15-12-9-6-3)54-72-60(65)48-45-42-39-36-33-30-23-20-17-14-11-8-5-2/h16,19-20,23-25,27-28,56-58,62-63H,4-15,17-18,21-22,26,29-55H2,1-3H3,(H,67,68)(H,69,70)/b19-16-,23-20-,25-24-,28-27-. The molecule has 0 rings (SSSR count). The Labute approximate surface area is 478 Å². The van der Waals surface area contributed by atoms with Crippen LogP contribution in [-0.2, 0) is 55.8 Å². The summed E-state index contributed by atoms with van der Waals surface area (Å²) in [5.74, 6) is -1.59. The second-order valence-corrected chi connectivity index (χ2v) is 23.8. The third-order valence-corrected chi connectivity index (χ3v) is 14.9. The number of aliphatic hydroxyl groups is 2. The van der Waals surface area contributed by atoms with E-state index in [1.807, 2.05) is 0 Å². The van der Waals surface area contributed by atoms with Crippen LogP contribution in [0.5, 0.6) is 0 Å². The summed E-state index contributed by atoms with van der Waals surface area (Å²) in [4.78, 5) is 58.0. The van der Waals surface area contributed by atoms with Crippen molar-refractivity contribution in [3.8, 4) is 0 Å². The molecule has 0 aliphatic carbocycles. The second kappa shape index (κ2) is 56.0. The maximum absolute atomic E-state index is 12.8. The van der Waals surface area contributed by atoms with Crippen LogP contribution in [0.4, 0.5) is 0 Å². The summed E-state index contributed by atoms with van der Waals surface area (Å²) < 4.78 is 60.6. The molecule has 5 atom stereocenters. The highest BCUT2D eigenvalue weighted by Gasteiger charge is 2.29. The smallest absolute Gasteiger partial charge is 0.463 e. The lowest BCUT2D eigenvalue weighted by atomic mass is 10.1. The number of ether oxygens (including phenoxy) is 3. The molecule has 0 aliphatic heterocycles. The van der Waals surface area contributed by atoms with Crippen LogP contribution in [-0.4, -0.2) is 95.9 Å². The number of phosphoric acid groups is 2. The number of carbonyl (C=O) groups excluding carboxylic acids is 3. The first kappa shape index (κ1) is 76.5. The minimum absolute atomic E-state index is 0.108. The van der Waals surface area contributed by atoms with Crippen molar-refractivity contribution in [1.29, 1.82) is 0 Å². The monoisotopic (exact) mass is 1160 g/mol. The van der Waals surface area contributed by atoms with E-state index in [0.29, 0.717) is 19.3 Å². The second-order valence-electron chi connectivity index (χ2n) is 20.9. The summed E-state index contributed by atoms with van der Waals surface area (Å²) in [7, 11) is -9.75. The average Bonchev–Trinajstić information content (AvgIpc) is 3.42. The Morgan fingerprint density at radius 3 is 1.05 bits per heavy atom. The molecular weight excluding hydrogens is 1050 g/mol. The van der Waals surface area contributed by atoms with Crippen LogP contribution < -0.4 is 0 Å². The molecule has 0 saturated carbocycles. The Bertz CT molecular complexity index is 1650. The quantitative estimate of drug-likeness (QED) is 0.0146. The lowest BCUT2D eigenvalue weighted by Crippen LogP contribution is -2.30. The summed E-state index contributed by atoms with van der Waals surface area (Å²) in [6.07, 6.45) is 51.8. The maximum atomic E-state index is 12.8. The van der Waals surface area contributed by atoms with Gasteiger partial charge in [0.25, 0.3) is 0 Å². The summed E-state index contributed by atoms with van der Waals surface area (Å²) in [6.45, 7) is 2.59. The van der Waals surface area contributed by atoms with E-state index in [9.17, 15) is 43.5 Å². The number of carbonyl (C=O) groups is 3. The van der Waals surface area contributed by atoms with Crippen LogP contribution in [0.15, 0.2) is 48.6 Å². The molecule has 18 heteroatoms. The van der Waals surface area contributed by atoms with Crippen molar-refractivity contribution in [2.45, 2.75) is 283 Å². The van der Waals surface area contributed by atoms with E-state index >= 15 is 0 Å². The topological polar surface area (TPSA) is 231 Å². The molecule has 0 aromatic rings. The maximum Gasteiger partial charge on any atom is 0.472 e. The predicted octanol–water partition coefficient (Wildman–Crippen LogP) is 16.1. The number of unbranched alkanes of at least 4 members (excludes halogenated alkanes) is 28. The number of hydrogen-bond acceptors (Lipinski definition) is 14. The molecule has 79 heavy (non-hydrogen) atoms. The summed E-state index contributed by atoms with van der Waals surface area (Å²) in [6, 6.07) is 0. The van der Waals surface area contributed by atoms with Gasteiger partial charge < -0.3 is 34.2 Å². The van der Waals surface area contributed by atoms with Crippen LogP contribution in [0.2, 0.25) is 0 Å². The summed E-state index contributed by atoms with van der Waals surface area (Å²) in [5, 5.41) is 20.5. The van der Waals surface area contributed by atoms with Gasteiger partial charge in [0.05, 0.1) is 26.4 Å². The molecule has 0 heterocycles. The highest BCUT2D eigenvalue weighted by atomic mass is 31.2. The molecule has 0 aliphatic rings. The van der Waals surface area contributed by atoms with Crippen molar-refractivity contribution in [2.75, 3.05) is 39.6 Å². The summed E-state index contributed by atoms with van der Waals surface area (Å²) >= 11 is 0. The molecule has 462 valence electrons. The average molecular weight is 1160 g/mol. The van der Waals surface area contributed by atoms with E-state index in [2.05, 4.69) is 69.4 Å². The molecule has 0 radical (unpaired) electrons. The normalized spacial score (nSPS) is 14.8. The van der Waals surface area contributed by atoms with Crippen molar-refractivity contribution in [3.05, 3.63) is 48.6 Å². The van der Waals surface area contributed by atoms with Gasteiger partial charge in [0.15, 0.2) is 6.10 Å². The molecule has 0 saturated heterocycles. The van der Waals surface area contributed by atoms with Gasteiger partial charge in [-0.05, 0) is 83.5 Å². The zero-order valence-electron chi connectivity index (χ0n) is 49.5. The van der Waals surface area contributed by atoms with Crippen molar-refractivity contribution >= 4 is 33.6 Å². The molecule has 0 amide bonds. The first-order valence-corrected chi connectivity index (χ1v) is 33.9. The van der Waals surface area contributed by atoms with E-state index in [-0.39, 0.29) is 19.3 Å². The molecule has 0 aromatic carbocycles. The minimum Gasteiger partial charge on any atom is -0.463 e. The Hall–Kier alpha value is -2.49. The van der Waals surface area contributed by atoms with Gasteiger partial charge in [-0.1, -0.05) is 211 Å². The molecule has 5 unspecified atom stereocenters. The van der Waals surface area contributed by atoms with Gasteiger partial charge in [0.2, 0.25) is 0 Å². The highest BCUT2D eigenvalue weighted by Crippen LogP contribution is 2.45. The van der Waals surface area contributed by atoms with Crippen molar-refractivity contribution < 1.29 is 75.8 Å². The van der Waals surface area contributed by atoms with Gasteiger partial charge in [0, 0.05) is 19.3 Å². The van der Waals surface area contributed by atoms with Gasteiger partial charge in [-0.25, -0.2) is 9.13 Å². The lowest BCUT2D eigenvalue weighted by molar-refractivity contribution is -0.161. The van der Waals surface area contributed by atoms with Crippen LogP contribution in [0.1, 0.15) is 265 Å².